The monoisotopic (exact) mass is 411 g/mol. The molecule has 7 nitrogen and oxygen atoms in total. The minimum absolute atomic E-state index is 0.00611. The van der Waals surface area contributed by atoms with Crippen LogP contribution in [0.3, 0.4) is 0 Å². The van der Waals surface area contributed by atoms with E-state index in [1.165, 1.54) is 11.1 Å². The van der Waals surface area contributed by atoms with E-state index in [0.717, 1.165) is 36.3 Å². The van der Waals surface area contributed by atoms with Gasteiger partial charge in [-0.15, -0.1) is 0 Å². The van der Waals surface area contributed by atoms with Crippen molar-refractivity contribution in [3.63, 3.8) is 0 Å². The summed E-state index contributed by atoms with van der Waals surface area (Å²) in [4.78, 5) is 29.2. The molecule has 1 fully saturated rings. The highest BCUT2D eigenvalue weighted by Gasteiger charge is 2.32. The van der Waals surface area contributed by atoms with Gasteiger partial charge in [-0.1, -0.05) is 29.8 Å². The lowest BCUT2D eigenvalue weighted by Gasteiger charge is -2.35. The number of H-pyrrole nitrogens is 1. The fraction of sp³-hybridized carbons (Fsp3) is 0.522. The van der Waals surface area contributed by atoms with Crippen molar-refractivity contribution in [1.29, 1.82) is 0 Å². The third kappa shape index (κ3) is 5.48. The van der Waals surface area contributed by atoms with E-state index in [2.05, 4.69) is 51.6 Å². The number of aromatic amines is 1. The van der Waals surface area contributed by atoms with Gasteiger partial charge in [-0.3, -0.25) is 19.6 Å². The van der Waals surface area contributed by atoms with Crippen LogP contribution in [0.2, 0.25) is 0 Å². The van der Waals surface area contributed by atoms with Crippen molar-refractivity contribution in [3.8, 4) is 0 Å². The van der Waals surface area contributed by atoms with Gasteiger partial charge in [0.2, 0.25) is 11.8 Å². The molecule has 0 bridgehead atoms. The molecule has 7 heteroatoms. The summed E-state index contributed by atoms with van der Waals surface area (Å²) in [5.74, 6) is -0.0497. The number of carbonyl (C=O) groups excluding carboxylic acids is 2. The molecular formula is C23H33N5O2. The summed E-state index contributed by atoms with van der Waals surface area (Å²) in [7, 11) is 1.82. The Morgan fingerprint density at radius 1 is 1.23 bits per heavy atom. The molecule has 0 radical (unpaired) electrons. The highest BCUT2D eigenvalue weighted by Crippen LogP contribution is 2.16. The Morgan fingerprint density at radius 2 is 1.97 bits per heavy atom. The SMILES string of the molecule is Cc1ccc(CN2CCNC(=O)C2CC(=O)N(C)CCCc2c(C)n[nH]c2C)cc1. The van der Waals surface area contributed by atoms with E-state index in [0.29, 0.717) is 19.6 Å². The summed E-state index contributed by atoms with van der Waals surface area (Å²) >= 11 is 0. The summed E-state index contributed by atoms with van der Waals surface area (Å²) in [5.41, 5.74) is 5.71. The Balaban J connectivity index is 1.55. The zero-order chi connectivity index (χ0) is 21.7. The Labute approximate surface area is 178 Å². The van der Waals surface area contributed by atoms with Gasteiger partial charge in [0, 0.05) is 38.9 Å². The molecule has 0 aliphatic carbocycles. The van der Waals surface area contributed by atoms with Crippen LogP contribution < -0.4 is 5.32 Å². The van der Waals surface area contributed by atoms with Gasteiger partial charge in [0.15, 0.2) is 0 Å². The minimum atomic E-state index is -0.423. The van der Waals surface area contributed by atoms with Gasteiger partial charge in [0.05, 0.1) is 18.2 Å². The van der Waals surface area contributed by atoms with Gasteiger partial charge in [-0.2, -0.15) is 5.10 Å². The molecule has 2 amide bonds. The maximum atomic E-state index is 12.8. The van der Waals surface area contributed by atoms with Gasteiger partial charge < -0.3 is 10.2 Å². The van der Waals surface area contributed by atoms with Crippen LogP contribution in [0.25, 0.3) is 0 Å². The third-order valence-electron chi connectivity index (χ3n) is 5.94. The molecule has 1 aliphatic heterocycles. The lowest BCUT2D eigenvalue weighted by Crippen LogP contribution is -2.56. The van der Waals surface area contributed by atoms with Crippen molar-refractivity contribution in [2.45, 2.75) is 52.6 Å². The lowest BCUT2D eigenvalue weighted by molar-refractivity contribution is -0.138. The lowest BCUT2D eigenvalue weighted by atomic mass is 10.0. The van der Waals surface area contributed by atoms with E-state index < -0.39 is 6.04 Å². The predicted octanol–water partition coefficient (Wildman–Crippen LogP) is 2.12. The maximum Gasteiger partial charge on any atom is 0.237 e. The van der Waals surface area contributed by atoms with Crippen LogP contribution in [0.15, 0.2) is 24.3 Å². The summed E-state index contributed by atoms with van der Waals surface area (Å²) < 4.78 is 0. The van der Waals surface area contributed by atoms with Crippen molar-refractivity contribution in [1.82, 2.24) is 25.3 Å². The van der Waals surface area contributed by atoms with Crippen LogP contribution in [0, 0.1) is 20.8 Å². The summed E-state index contributed by atoms with van der Waals surface area (Å²) in [5, 5.41) is 10.1. The van der Waals surface area contributed by atoms with Crippen LogP contribution in [0.4, 0.5) is 0 Å². The predicted molar refractivity (Wildman–Crippen MR) is 117 cm³/mol. The van der Waals surface area contributed by atoms with Gasteiger partial charge in [0.25, 0.3) is 0 Å². The maximum absolute atomic E-state index is 12.8. The molecule has 162 valence electrons. The number of rotatable bonds is 8. The van der Waals surface area contributed by atoms with Crippen LogP contribution >= 0.6 is 0 Å². The molecule has 0 spiro atoms. The third-order valence-corrected chi connectivity index (χ3v) is 5.94. The second-order valence-corrected chi connectivity index (χ2v) is 8.30. The van der Waals surface area contributed by atoms with Crippen molar-refractivity contribution in [2.24, 2.45) is 0 Å². The van der Waals surface area contributed by atoms with Crippen molar-refractivity contribution < 1.29 is 9.59 Å². The minimum Gasteiger partial charge on any atom is -0.353 e. The topological polar surface area (TPSA) is 81.3 Å². The van der Waals surface area contributed by atoms with Gasteiger partial charge in [-0.25, -0.2) is 0 Å². The quantitative estimate of drug-likeness (QED) is 0.697. The number of benzene rings is 1. The second-order valence-electron chi connectivity index (χ2n) is 8.30. The summed E-state index contributed by atoms with van der Waals surface area (Å²) in [6, 6.07) is 7.92. The molecule has 2 heterocycles. The van der Waals surface area contributed by atoms with E-state index in [1.807, 2.05) is 20.9 Å². The normalized spacial score (nSPS) is 17.1. The first-order valence-electron chi connectivity index (χ1n) is 10.7. The average Bonchev–Trinajstić information content (AvgIpc) is 3.04. The average molecular weight is 412 g/mol. The molecule has 1 aliphatic rings. The smallest absolute Gasteiger partial charge is 0.237 e. The zero-order valence-electron chi connectivity index (χ0n) is 18.5. The number of hydrogen-bond donors (Lipinski definition) is 2. The number of hydrogen-bond acceptors (Lipinski definition) is 4. The largest absolute Gasteiger partial charge is 0.353 e. The fourth-order valence-electron chi connectivity index (χ4n) is 3.98. The molecule has 1 unspecified atom stereocenters. The summed E-state index contributed by atoms with van der Waals surface area (Å²) in [6.45, 7) is 8.79. The number of aromatic nitrogens is 2. The first kappa shape index (κ1) is 22.0. The fourth-order valence-corrected chi connectivity index (χ4v) is 3.98. The molecule has 2 aromatic rings. The van der Waals surface area contributed by atoms with Gasteiger partial charge >= 0.3 is 0 Å². The molecule has 1 atom stereocenters. The van der Waals surface area contributed by atoms with E-state index in [1.54, 1.807) is 4.90 Å². The van der Waals surface area contributed by atoms with E-state index in [-0.39, 0.29) is 18.2 Å². The highest BCUT2D eigenvalue weighted by atomic mass is 16.2. The second kappa shape index (κ2) is 9.89. The van der Waals surface area contributed by atoms with Crippen molar-refractivity contribution in [3.05, 3.63) is 52.3 Å². The number of nitrogens with zero attached hydrogens (tertiary/aromatic N) is 3. The van der Waals surface area contributed by atoms with Crippen LogP contribution in [0.1, 0.15) is 40.9 Å². The summed E-state index contributed by atoms with van der Waals surface area (Å²) in [6.07, 6.45) is 1.96. The van der Waals surface area contributed by atoms with Crippen molar-refractivity contribution >= 4 is 11.8 Å². The number of amides is 2. The Bertz CT molecular complexity index is 855. The van der Waals surface area contributed by atoms with E-state index in [4.69, 9.17) is 0 Å². The number of aryl methyl sites for hydroxylation is 3. The number of piperazine rings is 1. The molecule has 2 N–H and O–H groups in total. The molecule has 30 heavy (non-hydrogen) atoms. The van der Waals surface area contributed by atoms with Crippen molar-refractivity contribution in [2.75, 3.05) is 26.7 Å². The van der Waals surface area contributed by atoms with E-state index >= 15 is 0 Å². The molecule has 0 saturated carbocycles. The number of nitrogens with one attached hydrogen (secondary N) is 2. The zero-order valence-corrected chi connectivity index (χ0v) is 18.5. The molecule has 1 aromatic carbocycles. The number of carbonyl (C=O) groups is 2. The highest BCUT2D eigenvalue weighted by molar-refractivity contribution is 5.88. The Hall–Kier alpha value is -2.67. The van der Waals surface area contributed by atoms with Gasteiger partial charge in [0.1, 0.15) is 0 Å². The Kier molecular flexibility index (Phi) is 7.26. The van der Waals surface area contributed by atoms with Gasteiger partial charge in [-0.05, 0) is 44.7 Å². The molecule has 1 aromatic heterocycles. The standard InChI is InChI=1S/C23H33N5O2/c1-16-7-9-19(10-8-16)15-28-13-11-24-23(30)21(28)14-22(29)27(4)12-5-6-20-17(2)25-26-18(20)3/h7-10,21H,5-6,11-15H2,1-4H3,(H,24,30)(H,25,26). The molecular weight excluding hydrogens is 378 g/mol. The van der Waals surface area contributed by atoms with Crippen LogP contribution in [-0.4, -0.2) is 64.5 Å². The van der Waals surface area contributed by atoms with Crippen LogP contribution in [-0.2, 0) is 22.6 Å². The first-order chi connectivity index (χ1) is 14.3. The van der Waals surface area contributed by atoms with Crippen LogP contribution in [0.5, 0.6) is 0 Å². The Morgan fingerprint density at radius 3 is 2.63 bits per heavy atom. The molecule has 1 saturated heterocycles. The van der Waals surface area contributed by atoms with E-state index in [9.17, 15) is 9.59 Å². The molecule has 3 rings (SSSR count). The first-order valence-corrected chi connectivity index (χ1v) is 10.7.